The molecule has 2 aliphatic rings. The van der Waals surface area contributed by atoms with Crippen molar-refractivity contribution in [3.05, 3.63) is 0 Å². The molecule has 2 fully saturated rings. The van der Waals surface area contributed by atoms with Crippen molar-refractivity contribution in [2.75, 3.05) is 19.8 Å². The first-order chi connectivity index (χ1) is 9.33. The molecular formula is C17H33NO2. The Balaban J connectivity index is 2.13. The molecule has 0 spiro atoms. The fourth-order valence-corrected chi connectivity index (χ4v) is 4.34. The van der Waals surface area contributed by atoms with Gasteiger partial charge in [0.1, 0.15) is 0 Å². The SMILES string of the molecule is CC(C)(C)C1CCCC(O)(C2(CN)CCOCC2)CC1. The van der Waals surface area contributed by atoms with Crippen molar-refractivity contribution in [3.8, 4) is 0 Å². The van der Waals surface area contributed by atoms with Gasteiger partial charge in [-0.15, -0.1) is 0 Å². The molecule has 118 valence electrons. The van der Waals surface area contributed by atoms with Gasteiger partial charge in [0.2, 0.25) is 0 Å². The number of nitrogens with two attached hydrogens (primary N) is 1. The lowest BCUT2D eigenvalue weighted by Crippen LogP contribution is -2.55. The summed E-state index contributed by atoms with van der Waals surface area (Å²) in [5.41, 5.74) is 5.76. The molecule has 2 unspecified atom stereocenters. The predicted molar refractivity (Wildman–Crippen MR) is 82.5 cm³/mol. The average Bonchev–Trinajstić information content (AvgIpc) is 2.62. The summed E-state index contributed by atoms with van der Waals surface area (Å²) in [6.07, 6.45) is 7.15. The maximum atomic E-state index is 11.4. The Morgan fingerprint density at radius 1 is 1.10 bits per heavy atom. The molecule has 0 aromatic rings. The van der Waals surface area contributed by atoms with E-state index in [1.54, 1.807) is 0 Å². The van der Waals surface area contributed by atoms with Gasteiger partial charge in [-0.25, -0.2) is 0 Å². The Hall–Kier alpha value is -0.120. The fraction of sp³-hybridized carbons (Fsp3) is 1.00. The van der Waals surface area contributed by atoms with Gasteiger partial charge in [0.05, 0.1) is 5.60 Å². The van der Waals surface area contributed by atoms with E-state index in [1.165, 1.54) is 6.42 Å². The van der Waals surface area contributed by atoms with Crippen LogP contribution in [0.15, 0.2) is 0 Å². The Kier molecular flexibility index (Phi) is 4.83. The molecule has 3 heteroatoms. The van der Waals surface area contributed by atoms with Crippen molar-refractivity contribution in [3.63, 3.8) is 0 Å². The minimum Gasteiger partial charge on any atom is -0.389 e. The summed E-state index contributed by atoms with van der Waals surface area (Å²) in [4.78, 5) is 0. The van der Waals surface area contributed by atoms with Gasteiger partial charge in [0.15, 0.2) is 0 Å². The molecular weight excluding hydrogens is 250 g/mol. The molecule has 3 N–H and O–H groups in total. The average molecular weight is 283 g/mol. The van der Waals surface area contributed by atoms with E-state index < -0.39 is 5.60 Å². The minimum atomic E-state index is -0.578. The quantitative estimate of drug-likeness (QED) is 0.766. The maximum Gasteiger partial charge on any atom is 0.0717 e. The molecule has 1 saturated heterocycles. The van der Waals surface area contributed by atoms with Crippen LogP contribution in [0.25, 0.3) is 0 Å². The van der Waals surface area contributed by atoms with Gasteiger partial charge in [-0.3, -0.25) is 0 Å². The highest BCUT2D eigenvalue weighted by molar-refractivity contribution is 5.02. The Morgan fingerprint density at radius 3 is 2.30 bits per heavy atom. The monoisotopic (exact) mass is 283 g/mol. The van der Waals surface area contributed by atoms with E-state index >= 15 is 0 Å². The predicted octanol–water partition coefficient (Wildman–Crippen LogP) is 3.10. The second-order valence-corrected chi connectivity index (χ2v) is 8.12. The first kappa shape index (κ1) is 16.3. The molecule has 0 bridgehead atoms. The van der Waals surface area contributed by atoms with Crippen LogP contribution in [-0.4, -0.2) is 30.5 Å². The lowest BCUT2D eigenvalue weighted by atomic mass is 9.63. The van der Waals surface area contributed by atoms with Crippen LogP contribution >= 0.6 is 0 Å². The van der Waals surface area contributed by atoms with Gasteiger partial charge in [0, 0.05) is 25.2 Å². The molecule has 2 rings (SSSR count). The highest BCUT2D eigenvalue weighted by Gasteiger charge is 2.50. The van der Waals surface area contributed by atoms with Crippen LogP contribution in [0, 0.1) is 16.7 Å². The van der Waals surface area contributed by atoms with Crippen LogP contribution in [0.5, 0.6) is 0 Å². The summed E-state index contributed by atoms with van der Waals surface area (Å²) < 4.78 is 5.50. The molecule has 20 heavy (non-hydrogen) atoms. The third kappa shape index (κ3) is 3.05. The van der Waals surface area contributed by atoms with E-state index in [1.807, 2.05) is 0 Å². The van der Waals surface area contributed by atoms with E-state index in [-0.39, 0.29) is 5.41 Å². The smallest absolute Gasteiger partial charge is 0.0717 e. The van der Waals surface area contributed by atoms with Crippen LogP contribution in [-0.2, 0) is 4.74 Å². The molecule has 1 saturated carbocycles. The maximum absolute atomic E-state index is 11.4. The van der Waals surface area contributed by atoms with E-state index in [2.05, 4.69) is 20.8 Å². The second-order valence-electron chi connectivity index (χ2n) is 8.12. The van der Waals surface area contributed by atoms with Crippen molar-refractivity contribution in [1.29, 1.82) is 0 Å². The second kappa shape index (κ2) is 5.94. The number of aliphatic hydroxyl groups is 1. The van der Waals surface area contributed by atoms with Crippen molar-refractivity contribution in [1.82, 2.24) is 0 Å². The largest absolute Gasteiger partial charge is 0.389 e. The van der Waals surface area contributed by atoms with Gasteiger partial charge in [-0.05, 0) is 49.9 Å². The molecule has 1 aliphatic carbocycles. The molecule has 3 nitrogen and oxygen atoms in total. The van der Waals surface area contributed by atoms with E-state index in [0.29, 0.717) is 17.9 Å². The van der Waals surface area contributed by atoms with Crippen molar-refractivity contribution in [2.45, 2.75) is 71.3 Å². The van der Waals surface area contributed by atoms with Crippen molar-refractivity contribution >= 4 is 0 Å². The minimum absolute atomic E-state index is 0.113. The molecule has 0 aromatic carbocycles. The summed E-state index contributed by atoms with van der Waals surface area (Å²) in [5.74, 6) is 0.714. The third-order valence-corrected chi connectivity index (χ3v) is 6.10. The van der Waals surface area contributed by atoms with Crippen LogP contribution in [0.3, 0.4) is 0 Å². The molecule has 0 aromatic heterocycles. The summed E-state index contributed by atoms with van der Waals surface area (Å²) in [6.45, 7) is 9.08. The number of ether oxygens (including phenoxy) is 1. The number of hydrogen-bond donors (Lipinski definition) is 2. The first-order valence-corrected chi connectivity index (χ1v) is 8.33. The van der Waals surface area contributed by atoms with Crippen molar-refractivity contribution < 1.29 is 9.84 Å². The normalized spacial score (nSPS) is 35.5. The highest BCUT2D eigenvalue weighted by atomic mass is 16.5. The van der Waals surface area contributed by atoms with Gasteiger partial charge in [-0.2, -0.15) is 0 Å². The molecule has 1 heterocycles. The molecule has 0 amide bonds. The van der Waals surface area contributed by atoms with E-state index in [0.717, 1.165) is 51.7 Å². The zero-order chi connectivity index (χ0) is 14.9. The van der Waals surface area contributed by atoms with Gasteiger partial charge < -0.3 is 15.6 Å². The molecule has 1 aliphatic heterocycles. The van der Waals surface area contributed by atoms with Crippen LogP contribution in [0.2, 0.25) is 0 Å². The van der Waals surface area contributed by atoms with Gasteiger partial charge in [0.25, 0.3) is 0 Å². The highest BCUT2D eigenvalue weighted by Crippen LogP contribution is 2.49. The zero-order valence-corrected chi connectivity index (χ0v) is 13.6. The standard InChI is InChI=1S/C17H33NO2/c1-15(2,3)14-5-4-7-17(19,8-6-14)16(13-18)9-11-20-12-10-16/h14,19H,4-13,18H2,1-3H3. The topological polar surface area (TPSA) is 55.5 Å². The van der Waals surface area contributed by atoms with Gasteiger partial charge >= 0.3 is 0 Å². The number of rotatable bonds is 2. The fourth-order valence-electron chi connectivity index (χ4n) is 4.34. The van der Waals surface area contributed by atoms with Crippen LogP contribution < -0.4 is 5.73 Å². The lowest BCUT2D eigenvalue weighted by Gasteiger charge is -2.49. The van der Waals surface area contributed by atoms with Crippen molar-refractivity contribution in [2.24, 2.45) is 22.5 Å². The zero-order valence-electron chi connectivity index (χ0n) is 13.6. The summed E-state index contributed by atoms with van der Waals surface area (Å²) in [6, 6.07) is 0. The third-order valence-electron chi connectivity index (χ3n) is 6.10. The Labute approximate surface area is 124 Å². The van der Waals surface area contributed by atoms with Crippen LogP contribution in [0.4, 0.5) is 0 Å². The molecule has 2 atom stereocenters. The van der Waals surface area contributed by atoms with Gasteiger partial charge in [-0.1, -0.05) is 27.2 Å². The van der Waals surface area contributed by atoms with Crippen LogP contribution in [0.1, 0.15) is 65.7 Å². The molecule has 0 radical (unpaired) electrons. The Morgan fingerprint density at radius 2 is 1.75 bits per heavy atom. The first-order valence-electron chi connectivity index (χ1n) is 8.33. The lowest BCUT2D eigenvalue weighted by molar-refractivity contribution is -0.137. The Bertz CT molecular complexity index is 317. The summed E-state index contributed by atoms with van der Waals surface area (Å²) in [5, 5.41) is 11.4. The summed E-state index contributed by atoms with van der Waals surface area (Å²) >= 11 is 0. The van der Waals surface area contributed by atoms with E-state index in [9.17, 15) is 5.11 Å². The number of hydrogen-bond acceptors (Lipinski definition) is 3. The van der Waals surface area contributed by atoms with E-state index in [4.69, 9.17) is 10.5 Å². The summed E-state index contributed by atoms with van der Waals surface area (Å²) in [7, 11) is 0.